The lowest BCUT2D eigenvalue weighted by atomic mass is 10.1. The van der Waals surface area contributed by atoms with Gasteiger partial charge < -0.3 is 16.4 Å². The third-order valence-electron chi connectivity index (χ3n) is 3.89. The Hall–Kier alpha value is -1.75. The van der Waals surface area contributed by atoms with Gasteiger partial charge >= 0.3 is 0 Å². The van der Waals surface area contributed by atoms with E-state index in [4.69, 9.17) is 5.73 Å². The molecule has 1 aliphatic heterocycles. The van der Waals surface area contributed by atoms with Crippen LogP contribution >= 0.6 is 0 Å². The van der Waals surface area contributed by atoms with Gasteiger partial charge in [-0.25, -0.2) is 0 Å². The number of nitrogen functional groups attached to an aromatic ring is 1. The standard InChI is InChI=1S/C15H24N4O/c1-11(19-7-3-4-8-19)10-18-14-6-5-12(9-13(14)16)15(20)17-2/h5-6,9,11,18H,3-4,7-8,10,16H2,1-2H3,(H,17,20). The van der Waals surface area contributed by atoms with Crippen LogP contribution in [0.1, 0.15) is 30.1 Å². The van der Waals surface area contributed by atoms with Crippen LogP contribution in [-0.2, 0) is 0 Å². The summed E-state index contributed by atoms with van der Waals surface area (Å²) in [7, 11) is 1.61. The minimum Gasteiger partial charge on any atom is -0.397 e. The maximum Gasteiger partial charge on any atom is 0.251 e. The monoisotopic (exact) mass is 276 g/mol. The van der Waals surface area contributed by atoms with Gasteiger partial charge in [-0.1, -0.05) is 0 Å². The molecule has 1 fully saturated rings. The van der Waals surface area contributed by atoms with E-state index in [1.807, 2.05) is 6.07 Å². The van der Waals surface area contributed by atoms with E-state index in [-0.39, 0.29) is 5.91 Å². The van der Waals surface area contributed by atoms with Crippen molar-refractivity contribution in [3.63, 3.8) is 0 Å². The van der Waals surface area contributed by atoms with E-state index in [1.54, 1.807) is 19.2 Å². The molecule has 20 heavy (non-hydrogen) atoms. The number of carbonyl (C=O) groups excluding carboxylic acids is 1. The van der Waals surface area contributed by atoms with Crippen LogP contribution in [0.5, 0.6) is 0 Å². The molecule has 2 rings (SSSR count). The largest absolute Gasteiger partial charge is 0.397 e. The van der Waals surface area contributed by atoms with Crippen molar-refractivity contribution in [2.24, 2.45) is 0 Å². The number of rotatable bonds is 5. The number of amides is 1. The molecule has 0 bridgehead atoms. The third-order valence-corrected chi connectivity index (χ3v) is 3.89. The lowest BCUT2D eigenvalue weighted by Crippen LogP contribution is -2.35. The Kier molecular flexibility index (Phi) is 4.84. The Labute approximate surface area is 120 Å². The fourth-order valence-corrected chi connectivity index (χ4v) is 2.58. The molecule has 1 aliphatic rings. The van der Waals surface area contributed by atoms with Crippen LogP contribution in [0.3, 0.4) is 0 Å². The summed E-state index contributed by atoms with van der Waals surface area (Å²) in [5.74, 6) is -0.117. The topological polar surface area (TPSA) is 70.4 Å². The number of nitrogens with zero attached hydrogens (tertiary/aromatic N) is 1. The number of carbonyl (C=O) groups is 1. The van der Waals surface area contributed by atoms with Gasteiger partial charge in [-0.15, -0.1) is 0 Å². The van der Waals surface area contributed by atoms with E-state index in [0.717, 1.165) is 12.2 Å². The average Bonchev–Trinajstić information content (AvgIpc) is 2.99. The van der Waals surface area contributed by atoms with Gasteiger partial charge in [0.05, 0.1) is 11.4 Å². The summed E-state index contributed by atoms with van der Waals surface area (Å²) in [5, 5.41) is 5.97. The van der Waals surface area contributed by atoms with Crippen molar-refractivity contribution in [3.8, 4) is 0 Å². The Morgan fingerprint density at radius 2 is 2.10 bits per heavy atom. The van der Waals surface area contributed by atoms with E-state index in [0.29, 0.717) is 17.3 Å². The minimum atomic E-state index is -0.117. The predicted molar refractivity (Wildman–Crippen MR) is 83.0 cm³/mol. The van der Waals surface area contributed by atoms with Crippen molar-refractivity contribution in [2.45, 2.75) is 25.8 Å². The van der Waals surface area contributed by atoms with Gasteiger partial charge in [-0.3, -0.25) is 9.69 Å². The van der Waals surface area contributed by atoms with E-state index < -0.39 is 0 Å². The SMILES string of the molecule is CNC(=O)c1ccc(NCC(C)N2CCCC2)c(N)c1. The Balaban J connectivity index is 1.94. The van der Waals surface area contributed by atoms with Crippen LogP contribution in [0.25, 0.3) is 0 Å². The van der Waals surface area contributed by atoms with Crippen molar-refractivity contribution in [1.82, 2.24) is 10.2 Å². The molecular formula is C15H24N4O. The predicted octanol–water partition coefficient (Wildman–Crippen LogP) is 1.52. The first-order chi connectivity index (χ1) is 9.61. The van der Waals surface area contributed by atoms with Crippen LogP contribution in [0.15, 0.2) is 18.2 Å². The molecule has 1 aromatic carbocycles. The molecule has 0 spiro atoms. The van der Waals surface area contributed by atoms with Crippen LogP contribution < -0.4 is 16.4 Å². The quantitative estimate of drug-likeness (QED) is 0.713. The second kappa shape index (κ2) is 6.61. The van der Waals surface area contributed by atoms with Crippen LogP contribution in [-0.4, -0.2) is 43.5 Å². The molecule has 5 heteroatoms. The summed E-state index contributed by atoms with van der Waals surface area (Å²) < 4.78 is 0. The van der Waals surface area contributed by atoms with Crippen LogP contribution in [0.2, 0.25) is 0 Å². The molecule has 1 atom stereocenters. The maximum atomic E-state index is 11.5. The highest BCUT2D eigenvalue weighted by Crippen LogP contribution is 2.20. The summed E-state index contributed by atoms with van der Waals surface area (Å²) in [5.41, 5.74) is 8.09. The van der Waals surface area contributed by atoms with Gasteiger partial charge in [0.15, 0.2) is 0 Å². The zero-order chi connectivity index (χ0) is 14.5. The molecule has 0 aliphatic carbocycles. The molecule has 0 saturated carbocycles. The Morgan fingerprint density at radius 1 is 1.40 bits per heavy atom. The molecule has 0 aromatic heterocycles. The molecule has 4 N–H and O–H groups in total. The summed E-state index contributed by atoms with van der Waals surface area (Å²) in [6, 6.07) is 5.87. The molecular weight excluding hydrogens is 252 g/mol. The van der Waals surface area contributed by atoms with Gasteiger partial charge in [0.25, 0.3) is 5.91 Å². The number of likely N-dealkylation sites (tertiary alicyclic amines) is 1. The van der Waals surface area contributed by atoms with Crippen molar-refractivity contribution < 1.29 is 4.79 Å². The lowest BCUT2D eigenvalue weighted by molar-refractivity contribution is 0.0963. The molecule has 1 unspecified atom stereocenters. The number of anilines is 2. The molecule has 110 valence electrons. The van der Waals surface area contributed by atoms with Crippen LogP contribution in [0, 0.1) is 0 Å². The highest BCUT2D eigenvalue weighted by molar-refractivity contribution is 5.95. The highest BCUT2D eigenvalue weighted by Gasteiger charge is 2.17. The normalized spacial score (nSPS) is 16.9. The first-order valence-corrected chi connectivity index (χ1v) is 7.21. The Bertz CT molecular complexity index is 469. The van der Waals surface area contributed by atoms with E-state index in [2.05, 4.69) is 22.5 Å². The van der Waals surface area contributed by atoms with Gasteiger partial charge in [-0.2, -0.15) is 0 Å². The second-order valence-electron chi connectivity index (χ2n) is 5.35. The Morgan fingerprint density at radius 3 is 2.70 bits per heavy atom. The van der Waals surface area contributed by atoms with Crippen molar-refractivity contribution in [1.29, 1.82) is 0 Å². The summed E-state index contributed by atoms with van der Waals surface area (Å²) >= 11 is 0. The minimum absolute atomic E-state index is 0.117. The number of hydrogen-bond donors (Lipinski definition) is 3. The number of nitrogens with one attached hydrogen (secondary N) is 2. The second-order valence-corrected chi connectivity index (χ2v) is 5.35. The first kappa shape index (κ1) is 14.7. The maximum absolute atomic E-state index is 11.5. The number of hydrogen-bond acceptors (Lipinski definition) is 4. The van der Waals surface area contributed by atoms with Crippen LogP contribution in [0.4, 0.5) is 11.4 Å². The zero-order valence-electron chi connectivity index (χ0n) is 12.3. The highest BCUT2D eigenvalue weighted by atomic mass is 16.1. The fraction of sp³-hybridized carbons (Fsp3) is 0.533. The van der Waals surface area contributed by atoms with Gasteiger partial charge in [0, 0.05) is 25.2 Å². The summed E-state index contributed by atoms with van der Waals surface area (Å²) in [6.07, 6.45) is 2.60. The molecule has 5 nitrogen and oxygen atoms in total. The van der Waals surface area contributed by atoms with Crippen molar-refractivity contribution in [3.05, 3.63) is 23.8 Å². The number of benzene rings is 1. The lowest BCUT2D eigenvalue weighted by Gasteiger charge is -2.24. The third kappa shape index (κ3) is 3.42. The number of nitrogens with two attached hydrogens (primary N) is 1. The van der Waals surface area contributed by atoms with E-state index in [1.165, 1.54) is 25.9 Å². The summed E-state index contributed by atoms with van der Waals surface area (Å²) in [4.78, 5) is 14.0. The molecule has 1 saturated heterocycles. The van der Waals surface area contributed by atoms with Gasteiger partial charge in [0.1, 0.15) is 0 Å². The van der Waals surface area contributed by atoms with Crippen molar-refractivity contribution in [2.75, 3.05) is 37.7 Å². The smallest absolute Gasteiger partial charge is 0.251 e. The van der Waals surface area contributed by atoms with E-state index in [9.17, 15) is 4.79 Å². The molecule has 1 heterocycles. The van der Waals surface area contributed by atoms with Gasteiger partial charge in [0.2, 0.25) is 0 Å². The van der Waals surface area contributed by atoms with Gasteiger partial charge in [-0.05, 0) is 51.1 Å². The molecule has 1 aromatic rings. The zero-order valence-corrected chi connectivity index (χ0v) is 12.3. The fourth-order valence-electron chi connectivity index (χ4n) is 2.58. The average molecular weight is 276 g/mol. The van der Waals surface area contributed by atoms with E-state index >= 15 is 0 Å². The van der Waals surface area contributed by atoms with Crippen molar-refractivity contribution >= 4 is 17.3 Å². The molecule has 0 radical (unpaired) electrons. The molecule has 1 amide bonds. The summed E-state index contributed by atoms with van der Waals surface area (Å²) in [6.45, 7) is 5.47. The first-order valence-electron chi connectivity index (χ1n) is 7.21.